The average Bonchev–Trinajstić information content (AvgIpc) is 2.53. The highest BCUT2D eigenvalue weighted by Crippen LogP contribution is 2.08. The lowest BCUT2D eigenvalue weighted by molar-refractivity contribution is 0.771. The Labute approximate surface area is 75.4 Å². The standard InChI is InChI=1S/C8H8N5/c1-13-5-3-8(12-13)11-7-2-4-9-6-10-7/h2-5H,1H3,(H,9,10,11,12). The summed E-state index contributed by atoms with van der Waals surface area (Å²) in [5.74, 6) is 1.45. The summed E-state index contributed by atoms with van der Waals surface area (Å²) in [4.78, 5) is 7.58. The number of aromatic nitrogens is 4. The molecule has 13 heavy (non-hydrogen) atoms. The van der Waals surface area contributed by atoms with Crippen LogP contribution in [0, 0.1) is 6.33 Å². The van der Waals surface area contributed by atoms with E-state index in [1.54, 1.807) is 16.9 Å². The molecule has 0 aliphatic heterocycles. The number of rotatable bonds is 2. The number of hydrogen-bond acceptors (Lipinski definition) is 4. The van der Waals surface area contributed by atoms with Crippen molar-refractivity contribution in [3.05, 3.63) is 30.9 Å². The third-order valence-electron chi connectivity index (χ3n) is 1.50. The van der Waals surface area contributed by atoms with Gasteiger partial charge in [-0.15, -0.1) is 0 Å². The van der Waals surface area contributed by atoms with E-state index in [1.165, 1.54) is 0 Å². The van der Waals surface area contributed by atoms with Crippen LogP contribution in [0.15, 0.2) is 24.5 Å². The van der Waals surface area contributed by atoms with Crippen molar-refractivity contribution in [2.45, 2.75) is 0 Å². The number of hydrogen-bond donors (Lipinski definition) is 1. The maximum Gasteiger partial charge on any atom is 0.199 e. The minimum Gasteiger partial charge on any atom is -0.323 e. The fraction of sp³-hybridized carbons (Fsp3) is 0.125. The first-order chi connectivity index (χ1) is 6.34. The molecule has 1 N–H and O–H groups in total. The van der Waals surface area contributed by atoms with E-state index in [2.05, 4.69) is 26.7 Å². The average molecular weight is 174 g/mol. The van der Waals surface area contributed by atoms with Crippen LogP contribution in [-0.2, 0) is 7.05 Å². The van der Waals surface area contributed by atoms with Gasteiger partial charge in [-0.3, -0.25) is 4.68 Å². The molecule has 0 atom stereocenters. The normalized spacial score (nSPS) is 9.92. The fourth-order valence-electron chi connectivity index (χ4n) is 0.944. The first kappa shape index (κ1) is 7.72. The molecule has 0 amide bonds. The van der Waals surface area contributed by atoms with Crippen molar-refractivity contribution in [3.63, 3.8) is 0 Å². The van der Waals surface area contributed by atoms with Gasteiger partial charge in [0.05, 0.1) is 0 Å². The molecule has 2 heterocycles. The zero-order valence-electron chi connectivity index (χ0n) is 7.10. The molecule has 0 aromatic carbocycles. The number of nitrogens with one attached hydrogen (secondary N) is 1. The van der Waals surface area contributed by atoms with Crippen molar-refractivity contribution in [3.8, 4) is 0 Å². The molecule has 2 rings (SSSR count). The summed E-state index contributed by atoms with van der Waals surface area (Å²) < 4.78 is 1.72. The molecule has 0 unspecified atom stereocenters. The molecular weight excluding hydrogens is 166 g/mol. The lowest BCUT2D eigenvalue weighted by Crippen LogP contribution is -1.95. The van der Waals surface area contributed by atoms with Gasteiger partial charge in [-0.25, -0.2) is 9.97 Å². The van der Waals surface area contributed by atoms with Crippen molar-refractivity contribution in [1.29, 1.82) is 0 Å². The molecule has 0 spiro atoms. The second-order valence-corrected chi connectivity index (χ2v) is 2.54. The maximum atomic E-state index is 4.14. The molecular formula is C8H8N5. The van der Waals surface area contributed by atoms with Crippen LogP contribution in [0.1, 0.15) is 0 Å². The van der Waals surface area contributed by atoms with Gasteiger partial charge in [0.2, 0.25) is 0 Å². The van der Waals surface area contributed by atoms with E-state index in [4.69, 9.17) is 0 Å². The van der Waals surface area contributed by atoms with Gasteiger partial charge < -0.3 is 5.32 Å². The van der Waals surface area contributed by atoms with Crippen LogP contribution in [-0.4, -0.2) is 19.7 Å². The monoisotopic (exact) mass is 174 g/mol. The molecule has 0 aliphatic carbocycles. The van der Waals surface area contributed by atoms with Crippen molar-refractivity contribution < 1.29 is 0 Å². The molecule has 0 aliphatic rings. The Balaban J connectivity index is 2.15. The lowest BCUT2D eigenvalue weighted by atomic mass is 10.5. The van der Waals surface area contributed by atoms with Crippen LogP contribution in [0.2, 0.25) is 0 Å². The summed E-state index contributed by atoms with van der Waals surface area (Å²) in [6.45, 7) is 0. The molecule has 0 saturated heterocycles. The van der Waals surface area contributed by atoms with Gasteiger partial charge in [-0.05, 0) is 6.07 Å². The molecule has 2 aromatic heterocycles. The van der Waals surface area contributed by atoms with Crippen LogP contribution in [0.25, 0.3) is 0 Å². The van der Waals surface area contributed by atoms with Crippen LogP contribution < -0.4 is 5.32 Å². The molecule has 1 radical (unpaired) electrons. The van der Waals surface area contributed by atoms with E-state index >= 15 is 0 Å². The fourth-order valence-corrected chi connectivity index (χ4v) is 0.944. The molecule has 0 fully saturated rings. The van der Waals surface area contributed by atoms with Crippen LogP contribution >= 0.6 is 0 Å². The highest BCUT2D eigenvalue weighted by atomic mass is 15.3. The van der Waals surface area contributed by atoms with Gasteiger partial charge in [0.1, 0.15) is 5.82 Å². The van der Waals surface area contributed by atoms with Gasteiger partial charge in [0.15, 0.2) is 12.1 Å². The smallest absolute Gasteiger partial charge is 0.199 e. The van der Waals surface area contributed by atoms with Crippen molar-refractivity contribution in [2.24, 2.45) is 7.05 Å². The lowest BCUT2D eigenvalue weighted by Gasteiger charge is -1.98. The number of nitrogens with zero attached hydrogens (tertiary/aromatic N) is 4. The van der Waals surface area contributed by atoms with Crippen molar-refractivity contribution in [1.82, 2.24) is 19.7 Å². The van der Waals surface area contributed by atoms with Crippen LogP contribution in [0.4, 0.5) is 11.6 Å². The minimum atomic E-state index is 0.689. The van der Waals surface area contributed by atoms with E-state index in [-0.39, 0.29) is 0 Å². The topological polar surface area (TPSA) is 55.6 Å². The second kappa shape index (κ2) is 3.22. The predicted molar refractivity (Wildman–Crippen MR) is 47.4 cm³/mol. The minimum absolute atomic E-state index is 0.689. The summed E-state index contributed by atoms with van der Waals surface area (Å²) >= 11 is 0. The largest absolute Gasteiger partial charge is 0.323 e. The first-order valence-corrected chi connectivity index (χ1v) is 3.80. The van der Waals surface area contributed by atoms with Crippen LogP contribution in [0.3, 0.4) is 0 Å². The predicted octanol–water partition coefficient (Wildman–Crippen LogP) is 0.754. The summed E-state index contributed by atoms with van der Waals surface area (Å²) in [5.41, 5.74) is 0. The molecule has 65 valence electrons. The quantitative estimate of drug-likeness (QED) is 0.730. The van der Waals surface area contributed by atoms with Crippen molar-refractivity contribution in [2.75, 3.05) is 5.32 Å². The molecule has 0 bridgehead atoms. The molecule has 5 heteroatoms. The maximum absolute atomic E-state index is 4.14. The van der Waals surface area contributed by atoms with Crippen molar-refractivity contribution >= 4 is 11.6 Å². The van der Waals surface area contributed by atoms with Gasteiger partial charge >= 0.3 is 0 Å². The highest BCUT2D eigenvalue weighted by molar-refractivity contribution is 5.49. The second-order valence-electron chi connectivity index (χ2n) is 2.54. The Bertz CT molecular complexity index is 380. The first-order valence-electron chi connectivity index (χ1n) is 3.80. The highest BCUT2D eigenvalue weighted by Gasteiger charge is 1.96. The zero-order valence-corrected chi connectivity index (χ0v) is 7.10. The zero-order chi connectivity index (χ0) is 9.10. The van der Waals surface area contributed by atoms with E-state index in [1.807, 2.05) is 19.3 Å². The summed E-state index contributed by atoms with van der Waals surface area (Å²) in [6.07, 6.45) is 5.97. The Morgan fingerprint density at radius 2 is 2.31 bits per heavy atom. The Morgan fingerprint density at radius 3 is 2.92 bits per heavy atom. The van der Waals surface area contributed by atoms with Gasteiger partial charge in [-0.2, -0.15) is 5.10 Å². The summed E-state index contributed by atoms with van der Waals surface area (Å²) in [6, 6.07) is 3.62. The Kier molecular flexibility index (Phi) is 1.91. The van der Waals surface area contributed by atoms with Gasteiger partial charge in [0, 0.05) is 25.5 Å². The third kappa shape index (κ3) is 1.81. The summed E-state index contributed by atoms with van der Waals surface area (Å²) in [7, 11) is 1.86. The van der Waals surface area contributed by atoms with E-state index in [0.717, 1.165) is 5.82 Å². The Hall–Kier alpha value is -1.91. The SMILES string of the molecule is Cn1ccc(Nc2ccn[c]n2)n1. The van der Waals surface area contributed by atoms with Gasteiger partial charge in [0.25, 0.3) is 0 Å². The summed E-state index contributed by atoms with van der Waals surface area (Å²) in [5, 5.41) is 7.15. The number of anilines is 2. The molecule has 5 nitrogen and oxygen atoms in total. The number of aryl methyl sites for hydroxylation is 1. The van der Waals surface area contributed by atoms with E-state index < -0.39 is 0 Å². The molecule has 0 saturated carbocycles. The third-order valence-corrected chi connectivity index (χ3v) is 1.50. The van der Waals surface area contributed by atoms with Gasteiger partial charge in [-0.1, -0.05) is 0 Å². The van der Waals surface area contributed by atoms with Crippen LogP contribution in [0.5, 0.6) is 0 Å². The van der Waals surface area contributed by atoms with E-state index in [0.29, 0.717) is 5.82 Å². The Morgan fingerprint density at radius 1 is 1.38 bits per heavy atom. The molecule has 2 aromatic rings. The van der Waals surface area contributed by atoms with E-state index in [9.17, 15) is 0 Å².